The van der Waals surface area contributed by atoms with Crippen molar-refractivity contribution < 1.29 is 14.0 Å². The van der Waals surface area contributed by atoms with Gasteiger partial charge in [-0.05, 0) is 30.5 Å². The number of urea groups is 1. The van der Waals surface area contributed by atoms with E-state index in [0.29, 0.717) is 51.5 Å². The summed E-state index contributed by atoms with van der Waals surface area (Å²) in [4.78, 5) is 32.1. The molecule has 2 heterocycles. The zero-order chi connectivity index (χ0) is 23.9. The van der Waals surface area contributed by atoms with Crippen LogP contribution in [0.2, 0.25) is 0 Å². The van der Waals surface area contributed by atoms with Gasteiger partial charge in [0.1, 0.15) is 5.82 Å². The average molecular weight is 467 g/mol. The number of unbranched alkanes of at least 4 members (excludes halogenated alkanes) is 1. The highest BCUT2D eigenvalue weighted by Crippen LogP contribution is 2.32. The van der Waals surface area contributed by atoms with E-state index in [-0.39, 0.29) is 29.6 Å². The molecule has 34 heavy (non-hydrogen) atoms. The van der Waals surface area contributed by atoms with Crippen molar-refractivity contribution in [1.82, 2.24) is 15.1 Å². The quantitative estimate of drug-likeness (QED) is 0.653. The smallest absolute Gasteiger partial charge is 0.317 e. The summed E-state index contributed by atoms with van der Waals surface area (Å²) in [6, 6.07) is 16.9. The third kappa shape index (κ3) is 5.69. The Hall–Kier alpha value is -3.09. The van der Waals surface area contributed by atoms with Crippen LogP contribution in [0.1, 0.15) is 37.7 Å². The Kier molecular flexibility index (Phi) is 8.03. The molecule has 0 aliphatic carbocycles. The first-order valence-electron chi connectivity index (χ1n) is 12.4. The van der Waals surface area contributed by atoms with E-state index < -0.39 is 0 Å². The van der Waals surface area contributed by atoms with Gasteiger partial charge in [0.2, 0.25) is 5.91 Å². The van der Waals surface area contributed by atoms with Crippen molar-refractivity contribution in [2.75, 3.05) is 50.7 Å². The van der Waals surface area contributed by atoms with E-state index in [4.69, 9.17) is 0 Å². The maximum absolute atomic E-state index is 14.2. The van der Waals surface area contributed by atoms with Gasteiger partial charge in [0, 0.05) is 51.7 Å². The molecule has 2 fully saturated rings. The maximum atomic E-state index is 14.2. The monoisotopic (exact) mass is 466 g/mol. The first-order chi connectivity index (χ1) is 16.6. The number of rotatable bonds is 6. The molecule has 0 radical (unpaired) electrons. The normalized spacial score (nSPS) is 20.8. The number of piperazine rings is 1. The molecular weight excluding hydrogens is 431 g/mol. The van der Waals surface area contributed by atoms with Crippen molar-refractivity contribution >= 4 is 17.6 Å². The molecule has 2 aromatic carbocycles. The molecule has 0 aromatic heterocycles. The number of para-hydroxylation sites is 1. The van der Waals surface area contributed by atoms with Gasteiger partial charge in [-0.15, -0.1) is 0 Å². The number of nitrogens with zero attached hydrogens (tertiary/aromatic N) is 3. The standard InChI is InChI=1S/C27H35FN4O2/c1-2-3-13-29-27(34)32-19-22(21-9-5-4-6-10-21)18-23(20-32)26(33)31-16-14-30(15-17-31)25-12-8-7-11-24(25)28/h4-12,22-23H,2-3,13-20H2,1H3,(H,29,34). The summed E-state index contributed by atoms with van der Waals surface area (Å²) in [6.45, 7) is 6.12. The number of hydrogen-bond donors (Lipinski definition) is 1. The lowest BCUT2D eigenvalue weighted by molar-refractivity contribution is -0.137. The van der Waals surface area contributed by atoms with E-state index in [1.54, 1.807) is 12.1 Å². The van der Waals surface area contributed by atoms with Gasteiger partial charge in [0.05, 0.1) is 11.6 Å². The van der Waals surface area contributed by atoms with Crippen molar-refractivity contribution in [3.8, 4) is 0 Å². The number of hydrogen-bond acceptors (Lipinski definition) is 3. The van der Waals surface area contributed by atoms with E-state index in [1.807, 2.05) is 39.0 Å². The SMILES string of the molecule is CCCCNC(=O)N1CC(C(=O)N2CCN(c3ccccc3F)CC2)CC(c2ccccc2)C1. The van der Waals surface area contributed by atoms with Crippen molar-refractivity contribution in [1.29, 1.82) is 0 Å². The van der Waals surface area contributed by atoms with Crippen LogP contribution in [0, 0.1) is 11.7 Å². The summed E-state index contributed by atoms with van der Waals surface area (Å²) in [5, 5.41) is 3.01. The fourth-order valence-electron chi connectivity index (χ4n) is 5.03. The predicted molar refractivity (Wildman–Crippen MR) is 132 cm³/mol. The molecule has 3 amide bonds. The number of carbonyl (C=O) groups excluding carboxylic acids is 2. The van der Waals surface area contributed by atoms with Gasteiger partial charge in [-0.25, -0.2) is 9.18 Å². The molecule has 1 N–H and O–H groups in total. The summed E-state index contributed by atoms with van der Waals surface area (Å²) in [5.41, 5.74) is 1.75. The van der Waals surface area contributed by atoms with Crippen LogP contribution in [0.25, 0.3) is 0 Å². The van der Waals surface area contributed by atoms with Gasteiger partial charge < -0.3 is 20.0 Å². The van der Waals surface area contributed by atoms with Crippen LogP contribution in [0.4, 0.5) is 14.9 Å². The number of halogens is 1. The lowest BCUT2D eigenvalue weighted by atomic mass is 9.84. The van der Waals surface area contributed by atoms with Gasteiger partial charge in [-0.1, -0.05) is 55.8 Å². The number of amides is 3. The second-order valence-corrected chi connectivity index (χ2v) is 9.29. The Morgan fingerprint density at radius 1 is 0.941 bits per heavy atom. The number of carbonyl (C=O) groups is 2. The second-order valence-electron chi connectivity index (χ2n) is 9.29. The highest BCUT2D eigenvalue weighted by molar-refractivity contribution is 5.81. The lowest BCUT2D eigenvalue weighted by Crippen LogP contribution is -2.55. The molecule has 0 spiro atoms. The zero-order valence-corrected chi connectivity index (χ0v) is 20.0. The van der Waals surface area contributed by atoms with E-state index >= 15 is 0 Å². The molecule has 2 atom stereocenters. The fraction of sp³-hybridized carbons (Fsp3) is 0.481. The molecular formula is C27H35FN4O2. The molecule has 0 saturated carbocycles. The van der Waals surface area contributed by atoms with Gasteiger partial charge in [-0.3, -0.25) is 4.79 Å². The highest BCUT2D eigenvalue weighted by atomic mass is 19.1. The third-order valence-corrected chi connectivity index (χ3v) is 6.95. The molecule has 182 valence electrons. The molecule has 6 nitrogen and oxygen atoms in total. The van der Waals surface area contributed by atoms with Gasteiger partial charge in [0.25, 0.3) is 0 Å². The molecule has 2 aromatic rings. The number of nitrogens with one attached hydrogen (secondary N) is 1. The molecule has 2 unspecified atom stereocenters. The summed E-state index contributed by atoms with van der Waals surface area (Å²) in [6.07, 6.45) is 2.69. The second kappa shape index (κ2) is 11.4. The Morgan fingerprint density at radius 3 is 2.35 bits per heavy atom. The lowest BCUT2D eigenvalue weighted by Gasteiger charge is -2.41. The van der Waals surface area contributed by atoms with Gasteiger partial charge in [-0.2, -0.15) is 0 Å². The van der Waals surface area contributed by atoms with E-state index in [9.17, 15) is 14.0 Å². The third-order valence-electron chi connectivity index (χ3n) is 6.95. The summed E-state index contributed by atoms with van der Waals surface area (Å²) in [7, 11) is 0. The van der Waals surface area contributed by atoms with E-state index in [0.717, 1.165) is 24.8 Å². The maximum Gasteiger partial charge on any atom is 0.317 e. The summed E-state index contributed by atoms with van der Waals surface area (Å²) in [5.74, 6) is -0.249. The van der Waals surface area contributed by atoms with Gasteiger partial charge >= 0.3 is 6.03 Å². The summed E-state index contributed by atoms with van der Waals surface area (Å²) < 4.78 is 14.2. The molecule has 2 aliphatic heterocycles. The predicted octanol–water partition coefficient (Wildman–Crippen LogP) is 4.09. The zero-order valence-electron chi connectivity index (χ0n) is 20.0. The average Bonchev–Trinajstić information content (AvgIpc) is 2.89. The minimum atomic E-state index is -0.240. The minimum absolute atomic E-state index is 0.0868. The molecule has 0 bridgehead atoms. The molecule has 4 rings (SSSR count). The van der Waals surface area contributed by atoms with Crippen molar-refractivity contribution in [3.63, 3.8) is 0 Å². The molecule has 2 aliphatic rings. The number of likely N-dealkylation sites (tertiary alicyclic amines) is 1. The van der Waals surface area contributed by atoms with Gasteiger partial charge in [0.15, 0.2) is 0 Å². The Morgan fingerprint density at radius 2 is 1.65 bits per heavy atom. The number of benzene rings is 2. The Bertz CT molecular complexity index is 962. The van der Waals surface area contributed by atoms with Crippen LogP contribution in [0.3, 0.4) is 0 Å². The largest absolute Gasteiger partial charge is 0.366 e. The van der Waals surface area contributed by atoms with Crippen molar-refractivity contribution in [2.45, 2.75) is 32.1 Å². The van der Waals surface area contributed by atoms with Crippen LogP contribution in [0.5, 0.6) is 0 Å². The van der Waals surface area contributed by atoms with Crippen LogP contribution in [-0.4, -0.2) is 67.6 Å². The molecule has 2 saturated heterocycles. The topological polar surface area (TPSA) is 55.9 Å². The van der Waals surface area contributed by atoms with Crippen LogP contribution < -0.4 is 10.2 Å². The summed E-state index contributed by atoms with van der Waals surface area (Å²) >= 11 is 0. The van der Waals surface area contributed by atoms with Crippen LogP contribution >= 0.6 is 0 Å². The first-order valence-corrected chi connectivity index (χ1v) is 12.4. The van der Waals surface area contributed by atoms with Crippen LogP contribution in [0.15, 0.2) is 54.6 Å². The van der Waals surface area contributed by atoms with Crippen LogP contribution in [-0.2, 0) is 4.79 Å². The first kappa shape index (κ1) is 24.0. The van der Waals surface area contributed by atoms with E-state index in [2.05, 4.69) is 24.4 Å². The Labute approximate surface area is 201 Å². The van der Waals surface area contributed by atoms with E-state index in [1.165, 1.54) is 6.07 Å². The minimum Gasteiger partial charge on any atom is -0.366 e. The highest BCUT2D eigenvalue weighted by Gasteiger charge is 2.37. The molecule has 7 heteroatoms. The Balaban J connectivity index is 1.43. The number of anilines is 1. The van der Waals surface area contributed by atoms with Crippen molar-refractivity contribution in [3.05, 3.63) is 66.0 Å². The van der Waals surface area contributed by atoms with Crippen molar-refractivity contribution in [2.24, 2.45) is 5.92 Å². The number of piperidine rings is 1. The fourth-order valence-corrected chi connectivity index (χ4v) is 5.03.